The van der Waals surface area contributed by atoms with E-state index in [4.69, 9.17) is 4.74 Å². The number of methoxy groups -OCH3 is 1. The Morgan fingerprint density at radius 1 is 1.14 bits per heavy atom. The van der Waals surface area contributed by atoms with Crippen molar-refractivity contribution < 1.29 is 9.53 Å². The molecule has 3 nitrogen and oxygen atoms in total. The Hall–Kier alpha value is -1.59. The van der Waals surface area contributed by atoms with E-state index >= 15 is 0 Å². The van der Waals surface area contributed by atoms with Crippen LogP contribution in [0.2, 0.25) is 0 Å². The first kappa shape index (κ1) is 15.3. The number of carbonyl (C=O) groups excluding carboxylic acids is 1. The van der Waals surface area contributed by atoms with Gasteiger partial charge in [-0.25, -0.2) is 0 Å². The maximum Gasteiger partial charge on any atom is 0.255 e. The Balaban J connectivity index is 1.74. The second-order valence-corrected chi connectivity index (χ2v) is 7.61. The molecule has 5 heteroatoms. The van der Waals surface area contributed by atoms with Crippen molar-refractivity contribution in [3.63, 3.8) is 0 Å². The van der Waals surface area contributed by atoms with Crippen molar-refractivity contribution in [3.8, 4) is 5.75 Å². The van der Waals surface area contributed by atoms with E-state index in [0.717, 1.165) is 5.69 Å². The van der Waals surface area contributed by atoms with E-state index in [2.05, 4.69) is 17.4 Å². The van der Waals surface area contributed by atoms with E-state index in [1.54, 1.807) is 19.2 Å². The quantitative estimate of drug-likeness (QED) is 0.900. The molecule has 1 N–H and O–H groups in total. The Bertz CT molecular complexity index is 669. The van der Waals surface area contributed by atoms with E-state index in [9.17, 15) is 4.79 Å². The molecule has 1 amide bonds. The third kappa shape index (κ3) is 3.59. The van der Waals surface area contributed by atoms with Crippen molar-refractivity contribution in [2.45, 2.75) is 4.58 Å². The summed E-state index contributed by atoms with van der Waals surface area (Å²) in [7, 11) is 1.59. The number of hydrogen-bond donors (Lipinski definition) is 1. The third-order valence-corrected chi connectivity index (χ3v) is 6.47. The fourth-order valence-corrected chi connectivity index (χ4v) is 5.12. The summed E-state index contributed by atoms with van der Waals surface area (Å²) < 4.78 is 5.64. The predicted octanol–water partition coefficient (Wildman–Crippen LogP) is 4.43. The van der Waals surface area contributed by atoms with Crippen LogP contribution in [0.5, 0.6) is 5.75 Å². The first-order chi connectivity index (χ1) is 10.8. The fraction of sp³-hybridized carbons (Fsp3) is 0.235. The van der Waals surface area contributed by atoms with Crippen molar-refractivity contribution in [3.05, 3.63) is 59.7 Å². The van der Waals surface area contributed by atoms with Gasteiger partial charge < -0.3 is 10.1 Å². The van der Waals surface area contributed by atoms with E-state index in [-0.39, 0.29) is 5.91 Å². The van der Waals surface area contributed by atoms with Crippen LogP contribution in [-0.4, -0.2) is 24.5 Å². The second kappa shape index (κ2) is 7.11. The zero-order valence-electron chi connectivity index (χ0n) is 12.2. The lowest BCUT2D eigenvalue weighted by molar-refractivity contribution is 0.102. The molecule has 2 aromatic carbocycles. The Morgan fingerprint density at radius 2 is 1.91 bits per heavy atom. The second-order valence-electron chi connectivity index (χ2n) is 4.89. The molecule has 1 fully saturated rings. The minimum atomic E-state index is -0.122. The molecular weight excluding hydrogens is 314 g/mol. The normalized spacial score (nSPS) is 14.8. The topological polar surface area (TPSA) is 38.3 Å². The zero-order valence-corrected chi connectivity index (χ0v) is 13.9. The van der Waals surface area contributed by atoms with Crippen molar-refractivity contribution in [2.75, 3.05) is 23.9 Å². The van der Waals surface area contributed by atoms with Gasteiger partial charge in [-0.2, -0.15) is 0 Å². The molecule has 0 aromatic heterocycles. The number of amides is 1. The van der Waals surface area contributed by atoms with E-state index in [1.807, 2.05) is 47.8 Å². The number of nitrogens with one attached hydrogen (secondary N) is 1. The van der Waals surface area contributed by atoms with Crippen LogP contribution in [0.25, 0.3) is 0 Å². The van der Waals surface area contributed by atoms with Crippen molar-refractivity contribution in [2.24, 2.45) is 0 Å². The van der Waals surface area contributed by atoms with Crippen molar-refractivity contribution in [1.29, 1.82) is 0 Å². The number of benzene rings is 2. The highest BCUT2D eigenvalue weighted by Crippen LogP contribution is 2.45. The molecule has 0 spiro atoms. The van der Waals surface area contributed by atoms with Crippen LogP contribution in [0, 0.1) is 0 Å². The molecule has 1 aliphatic heterocycles. The average molecular weight is 331 g/mol. The lowest BCUT2D eigenvalue weighted by atomic mass is 10.2. The highest BCUT2D eigenvalue weighted by atomic mass is 32.2. The van der Waals surface area contributed by atoms with E-state index in [0.29, 0.717) is 15.9 Å². The smallest absolute Gasteiger partial charge is 0.255 e. The molecule has 1 saturated heterocycles. The molecule has 0 unspecified atom stereocenters. The number of ether oxygens (including phenoxy) is 1. The summed E-state index contributed by atoms with van der Waals surface area (Å²) in [5.41, 5.74) is 2.68. The molecule has 2 aromatic rings. The summed E-state index contributed by atoms with van der Waals surface area (Å²) in [4.78, 5) is 12.3. The first-order valence-electron chi connectivity index (χ1n) is 7.05. The molecule has 22 heavy (non-hydrogen) atoms. The molecule has 3 rings (SSSR count). The first-order valence-corrected chi connectivity index (χ1v) is 9.14. The highest BCUT2D eigenvalue weighted by molar-refractivity contribution is 8.19. The highest BCUT2D eigenvalue weighted by Gasteiger charge is 2.18. The van der Waals surface area contributed by atoms with Gasteiger partial charge in [-0.05, 0) is 35.9 Å². The minimum absolute atomic E-state index is 0.122. The Labute approximate surface area is 138 Å². The van der Waals surface area contributed by atoms with Gasteiger partial charge in [0, 0.05) is 22.8 Å². The molecule has 114 valence electrons. The summed E-state index contributed by atoms with van der Waals surface area (Å²) in [6.07, 6.45) is 0. The molecule has 1 heterocycles. The Morgan fingerprint density at radius 3 is 2.68 bits per heavy atom. The van der Waals surface area contributed by atoms with Crippen molar-refractivity contribution in [1.82, 2.24) is 0 Å². The van der Waals surface area contributed by atoms with Crippen LogP contribution in [-0.2, 0) is 0 Å². The number of thioether (sulfide) groups is 2. The maximum atomic E-state index is 12.3. The molecular formula is C17H17NO2S2. The van der Waals surface area contributed by atoms with Gasteiger partial charge in [-0.15, -0.1) is 23.5 Å². The maximum absolute atomic E-state index is 12.3. The van der Waals surface area contributed by atoms with E-state index in [1.165, 1.54) is 17.1 Å². The minimum Gasteiger partial charge on any atom is -0.497 e. The summed E-state index contributed by atoms with van der Waals surface area (Å²) in [6.45, 7) is 0. The lowest BCUT2D eigenvalue weighted by Crippen LogP contribution is -2.12. The summed E-state index contributed by atoms with van der Waals surface area (Å²) >= 11 is 3.92. The van der Waals surface area contributed by atoms with Crippen LogP contribution in [0.3, 0.4) is 0 Å². The SMILES string of the molecule is COc1cccc(C(=O)Nc2cccc(C3SCCS3)c2)c1. The summed E-state index contributed by atoms with van der Waals surface area (Å²) in [6, 6.07) is 15.3. The number of hydrogen-bond acceptors (Lipinski definition) is 4. The third-order valence-electron chi connectivity index (χ3n) is 3.37. The summed E-state index contributed by atoms with van der Waals surface area (Å²) in [5, 5.41) is 2.96. The Kier molecular flexibility index (Phi) is 4.95. The van der Waals surface area contributed by atoms with Gasteiger partial charge in [-0.1, -0.05) is 18.2 Å². The van der Waals surface area contributed by atoms with Crippen LogP contribution in [0.4, 0.5) is 5.69 Å². The van der Waals surface area contributed by atoms with Crippen LogP contribution < -0.4 is 10.1 Å². The largest absolute Gasteiger partial charge is 0.497 e. The molecule has 0 atom stereocenters. The lowest BCUT2D eigenvalue weighted by Gasteiger charge is -2.11. The van der Waals surface area contributed by atoms with Crippen molar-refractivity contribution >= 4 is 35.1 Å². The van der Waals surface area contributed by atoms with Crippen LogP contribution >= 0.6 is 23.5 Å². The molecule has 0 saturated carbocycles. The standard InChI is InChI=1S/C17H17NO2S2/c1-20-15-7-3-4-12(11-15)16(19)18-14-6-2-5-13(10-14)17-21-8-9-22-17/h2-7,10-11,17H,8-9H2,1H3,(H,18,19). The monoisotopic (exact) mass is 331 g/mol. The molecule has 0 bridgehead atoms. The van der Waals surface area contributed by atoms with Crippen LogP contribution in [0.15, 0.2) is 48.5 Å². The van der Waals surface area contributed by atoms with Gasteiger partial charge in [0.2, 0.25) is 0 Å². The average Bonchev–Trinajstić information content (AvgIpc) is 3.10. The number of carbonyl (C=O) groups is 1. The number of rotatable bonds is 4. The van der Waals surface area contributed by atoms with Gasteiger partial charge in [0.05, 0.1) is 11.7 Å². The van der Waals surface area contributed by atoms with E-state index < -0.39 is 0 Å². The molecule has 1 aliphatic rings. The van der Waals surface area contributed by atoms with Gasteiger partial charge >= 0.3 is 0 Å². The molecule has 0 radical (unpaired) electrons. The van der Waals surface area contributed by atoms with Gasteiger partial charge in [0.15, 0.2) is 0 Å². The van der Waals surface area contributed by atoms with Gasteiger partial charge in [0.25, 0.3) is 5.91 Å². The van der Waals surface area contributed by atoms with Gasteiger partial charge in [0.1, 0.15) is 5.75 Å². The van der Waals surface area contributed by atoms with Crippen LogP contribution in [0.1, 0.15) is 20.5 Å². The fourth-order valence-electron chi connectivity index (χ4n) is 2.28. The zero-order chi connectivity index (χ0) is 15.4. The number of anilines is 1. The van der Waals surface area contributed by atoms with Gasteiger partial charge in [-0.3, -0.25) is 4.79 Å². The molecule has 0 aliphatic carbocycles. The predicted molar refractivity (Wildman–Crippen MR) is 95.0 cm³/mol. The summed E-state index contributed by atoms with van der Waals surface area (Å²) in [5.74, 6) is 2.94.